The van der Waals surface area contributed by atoms with E-state index >= 15 is 0 Å². The Labute approximate surface area is 224 Å². The molecule has 0 aromatic heterocycles. The minimum absolute atomic E-state index is 0.662. The summed E-state index contributed by atoms with van der Waals surface area (Å²) in [6.07, 6.45) is 4.11. The third-order valence-electron chi connectivity index (χ3n) is 4.36. The molecule has 0 amide bonds. The van der Waals surface area contributed by atoms with Crippen LogP contribution in [-0.4, -0.2) is 155 Å². The van der Waals surface area contributed by atoms with E-state index in [-0.39, 0.29) is 0 Å². The van der Waals surface area contributed by atoms with Crippen LogP contribution in [-0.2, 0) is 19.4 Å². The van der Waals surface area contributed by atoms with Gasteiger partial charge < -0.3 is 37.3 Å². The second-order valence-corrected chi connectivity index (χ2v) is 13.0. The molecule has 36 heavy (non-hydrogen) atoms. The molecule has 0 rings (SSSR count). The lowest BCUT2D eigenvalue weighted by Crippen LogP contribution is -2.35. The van der Waals surface area contributed by atoms with Gasteiger partial charge in [-0.3, -0.25) is 0 Å². The molecule has 0 aliphatic rings. The SMILES string of the molecule is C[N+](C)(C)[13CH2][13CH2][13CH2]ON.C[N+](C)(C)[13CH2][13CH2][13CH2]O[15NH2].C[N+]([13CH3])([13CH3])CCCON.C[N+]([13CH3])([13CH3])[13CH2]C[13CH2]ON. The zero-order valence-electron chi connectivity index (χ0n) is 26.2. The molecular weight excluding hydrogens is 477 g/mol. The second kappa shape index (κ2) is 24.8. The van der Waals surface area contributed by atoms with E-state index in [1.54, 1.807) is 0 Å². The Morgan fingerprint density at radius 3 is 0.556 bits per heavy atom. The first-order valence-electron chi connectivity index (χ1n) is 12.7. The number of hydrogen-bond donors (Lipinski definition) is 4. The third kappa shape index (κ3) is 64.1. The molecule has 0 aromatic rings. The molecule has 0 aliphatic carbocycles. The molecule has 0 spiro atoms. The van der Waals surface area contributed by atoms with Crippen molar-refractivity contribution in [2.24, 2.45) is 23.6 Å². The van der Waals surface area contributed by atoms with Crippen molar-refractivity contribution in [3.63, 3.8) is 0 Å². The molecule has 0 aliphatic heterocycles. The average Bonchev–Trinajstić information content (AvgIpc) is 2.67. The second-order valence-electron chi connectivity index (χ2n) is 13.0. The summed E-state index contributed by atoms with van der Waals surface area (Å²) in [5.41, 5.74) is 0. The Balaban J connectivity index is -0.000000190. The van der Waals surface area contributed by atoms with Gasteiger partial charge in [-0.15, -0.1) is 0 Å². The minimum atomic E-state index is 0.662. The van der Waals surface area contributed by atoms with Gasteiger partial charge in [0.15, 0.2) is 0 Å². The summed E-state index contributed by atoms with van der Waals surface area (Å²) in [4.78, 5) is 17.7. The molecule has 0 aromatic carbocycles. The van der Waals surface area contributed by atoms with Gasteiger partial charge in [0.2, 0.25) is 0 Å². The van der Waals surface area contributed by atoms with Crippen LogP contribution in [0.5, 0.6) is 0 Å². The summed E-state index contributed by atoms with van der Waals surface area (Å²) < 4.78 is 3.90. The Bertz CT molecular complexity index is 352. The Hall–Kier alpha value is -0.480. The summed E-state index contributed by atoms with van der Waals surface area (Å²) in [7, 11) is 25.8. The minimum Gasteiger partial charge on any atom is -0.331 e. The van der Waals surface area contributed by atoms with Crippen LogP contribution < -0.4 is 23.6 Å². The molecule has 0 fully saturated rings. The zero-order chi connectivity index (χ0) is 29.3. The van der Waals surface area contributed by atoms with Crippen molar-refractivity contribution in [1.82, 2.24) is 0 Å². The number of rotatable bonds is 16. The maximum atomic E-state index is 4.85. The van der Waals surface area contributed by atoms with Crippen molar-refractivity contribution in [3.8, 4) is 0 Å². The highest BCUT2D eigenvalue weighted by atomic mass is 16.8. The lowest BCUT2D eigenvalue weighted by Gasteiger charge is -2.23. The Morgan fingerprint density at radius 1 is 0.333 bits per heavy atom. The lowest BCUT2D eigenvalue weighted by atomic mass is 10.4. The molecule has 8 N–H and O–H groups in total. The monoisotopic (exact) mass is 546 g/mol. The Kier molecular flexibility index (Phi) is 29.4. The zero-order valence-corrected chi connectivity index (χ0v) is 26.2. The van der Waals surface area contributed by atoms with Crippen LogP contribution in [0, 0.1) is 0 Å². The van der Waals surface area contributed by atoms with E-state index in [0.29, 0.717) is 26.4 Å². The molecule has 0 atom stereocenters. The van der Waals surface area contributed by atoms with Crippen LogP contribution in [0.15, 0.2) is 0 Å². The molecule has 0 unspecified atom stereocenters. The fraction of sp³-hybridized carbons (Fsp3) is 1.00. The van der Waals surface area contributed by atoms with Gasteiger partial charge in [0.25, 0.3) is 0 Å². The Morgan fingerprint density at radius 2 is 0.472 bits per heavy atom. The van der Waals surface area contributed by atoms with Crippen LogP contribution in [0.4, 0.5) is 0 Å². The number of nitrogens with two attached hydrogens (primary N) is 4. The van der Waals surface area contributed by atoms with Gasteiger partial charge >= 0.3 is 0 Å². The van der Waals surface area contributed by atoms with E-state index in [4.69, 9.17) is 23.6 Å². The summed E-state index contributed by atoms with van der Waals surface area (Å²) in [6.45, 7) is 7.08. The van der Waals surface area contributed by atoms with Crippen molar-refractivity contribution in [1.29, 1.82) is 0 Å². The molecule has 0 saturated heterocycles. The molecule has 0 heterocycles. The van der Waals surface area contributed by atoms with E-state index in [2.05, 4.69) is 104 Å². The quantitative estimate of drug-likeness (QED) is 0.0693. The number of quaternary nitrogens is 4. The van der Waals surface area contributed by atoms with Crippen LogP contribution in [0.1, 0.15) is 25.7 Å². The number of nitrogens with zero attached hydrogens (tertiary/aromatic N) is 4. The summed E-state index contributed by atoms with van der Waals surface area (Å²) >= 11 is 0. The summed E-state index contributed by atoms with van der Waals surface area (Å²) in [5.74, 6) is 19.4. The van der Waals surface area contributed by atoms with Crippen LogP contribution in [0.25, 0.3) is 0 Å². The normalized spacial score (nSPS) is 12.0. The maximum Gasteiger partial charge on any atom is 0.0803 e. The molecule has 0 radical (unpaired) electrons. The topological polar surface area (TPSA) is 141 Å². The average molecular weight is 546 g/mol. The van der Waals surface area contributed by atoms with Gasteiger partial charge in [0.05, 0.1) is 137 Å². The van der Waals surface area contributed by atoms with E-state index in [1.165, 1.54) is 0 Å². The molecule has 12 nitrogen and oxygen atoms in total. The van der Waals surface area contributed by atoms with Gasteiger partial charge in [-0.1, -0.05) is 0 Å². The van der Waals surface area contributed by atoms with Crippen LogP contribution >= 0.6 is 0 Å². The first kappa shape index (κ1) is 42.6. The van der Waals surface area contributed by atoms with Crippen LogP contribution in [0.3, 0.4) is 0 Å². The third-order valence-corrected chi connectivity index (χ3v) is 4.36. The van der Waals surface area contributed by atoms with Gasteiger partial charge in [0.1, 0.15) is 0 Å². The molecule has 0 saturated carbocycles. The van der Waals surface area contributed by atoms with Crippen molar-refractivity contribution < 1.29 is 37.3 Å². The molecule has 224 valence electrons. The van der Waals surface area contributed by atoms with Gasteiger partial charge in [-0.2, -0.15) is 0 Å². The predicted octanol–water partition coefficient (Wildman–Crippen LogP) is -0.108. The molecule has 0 bridgehead atoms. The fourth-order valence-electron chi connectivity index (χ4n) is 2.49. The van der Waals surface area contributed by atoms with E-state index in [0.717, 1.165) is 69.8 Å². The highest BCUT2D eigenvalue weighted by Gasteiger charge is 2.06. The smallest absolute Gasteiger partial charge is 0.0803 e. The first-order valence-corrected chi connectivity index (χ1v) is 12.7. The van der Waals surface area contributed by atoms with Crippen molar-refractivity contribution >= 4 is 0 Å². The number of hydrogen-bond acceptors (Lipinski definition) is 8. The maximum absolute atomic E-state index is 4.85. The van der Waals surface area contributed by atoms with E-state index in [9.17, 15) is 0 Å². The van der Waals surface area contributed by atoms with Crippen molar-refractivity contribution in [2.45, 2.75) is 25.7 Å². The van der Waals surface area contributed by atoms with Gasteiger partial charge in [-0.25, -0.2) is 23.6 Å². The summed E-state index contributed by atoms with van der Waals surface area (Å²) in [6, 6.07) is 0. The highest BCUT2D eigenvalue weighted by molar-refractivity contribution is 4.32. The summed E-state index contributed by atoms with van der Waals surface area (Å²) in [5, 5.41) is 0. The largest absolute Gasteiger partial charge is 0.331 e. The fourth-order valence-corrected chi connectivity index (χ4v) is 2.49. The van der Waals surface area contributed by atoms with E-state index < -0.39 is 0 Å². The standard InChI is InChI=1S/4C6H17N2O/c4*1-8(2,3)5-4-6-9-7/h4*4-7H2,1-3H3/q4*+1/i4+1,5+1,6+1,7+1;1+1,2+1,5+1,6+1;4+1,5+1,6+1;1+1,2+1. The molecule has 12 heteroatoms. The van der Waals surface area contributed by atoms with Crippen LogP contribution in [0.2, 0.25) is 0 Å². The highest BCUT2D eigenvalue weighted by Crippen LogP contribution is 1.94. The lowest BCUT2D eigenvalue weighted by molar-refractivity contribution is -0.870. The van der Waals surface area contributed by atoms with Gasteiger partial charge in [0, 0.05) is 25.7 Å². The van der Waals surface area contributed by atoms with Gasteiger partial charge in [-0.05, 0) is 0 Å². The first-order chi connectivity index (χ1) is 16.2. The van der Waals surface area contributed by atoms with E-state index in [1.807, 2.05) is 0 Å². The van der Waals surface area contributed by atoms with Crippen molar-refractivity contribution in [2.75, 3.05) is 137 Å². The molecular formula is C24H68N8O4+4. The predicted molar refractivity (Wildman–Crippen MR) is 151 cm³/mol. The van der Waals surface area contributed by atoms with Crippen molar-refractivity contribution in [3.05, 3.63) is 0 Å².